The van der Waals surface area contributed by atoms with Crippen molar-refractivity contribution < 1.29 is 5.11 Å². The molecule has 16 heavy (non-hydrogen) atoms. The van der Waals surface area contributed by atoms with Crippen molar-refractivity contribution in [3.63, 3.8) is 0 Å². The Bertz CT molecular complexity index is 504. The van der Waals surface area contributed by atoms with E-state index in [-0.39, 0.29) is 5.75 Å². The zero-order valence-electron chi connectivity index (χ0n) is 9.64. The normalized spacial score (nSPS) is 13.2. The zero-order valence-corrected chi connectivity index (χ0v) is 9.64. The average molecular weight is 219 g/mol. The molecule has 4 nitrogen and oxygen atoms in total. The zero-order chi connectivity index (χ0) is 11.7. The molecular formula is C12H17N3O. The maximum absolute atomic E-state index is 9.39. The van der Waals surface area contributed by atoms with Gasteiger partial charge in [0.15, 0.2) is 0 Å². The summed E-state index contributed by atoms with van der Waals surface area (Å²) in [4.78, 5) is 4.51. The van der Waals surface area contributed by atoms with Crippen LogP contribution in [0.5, 0.6) is 5.75 Å². The summed E-state index contributed by atoms with van der Waals surface area (Å²) in [6.07, 6.45) is 0.864. The van der Waals surface area contributed by atoms with Crippen LogP contribution < -0.4 is 5.73 Å². The highest BCUT2D eigenvalue weighted by molar-refractivity contribution is 5.77. The molecule has 1 unspecified atom stereocenters. The number of hydrogen-bond donors (Lipinski definition) is 2. The first kappa shape index (κ1) is 11.0. The molecule has 1 atom stereocenters. The molecule has 0 aliphatic carbocycles. The maximum Gasteiger partial charge on any atom is 0.117 e. The molecule has 2 aromatic rings. The molecule has 2 rings (SSSR count). The number of phenolic OH excluding ortho intramolecular Hbond substituents is 1. The van der Waals surface area contributed by atoms with Gasteiger partial charge in [-0.15, -0.1) is 0 Å². The molecule has 0 aliphatic heterocycles. The Morgan fingerprint density at radius 2 is 2.25 bits per heavy atom. The number of imidazole rings is 1. The van der Waals surface area contributed by atoms with Crippen molar-refractivity contribution in [1.29, 1.82) is 0 Å². The van der Waals surface area contributed by atoms with Gasteiger partial charge in [-0.25, -0.2) is 4.98 Å². The van der Waals surface area contributed by atoms with Gasteiger partial charge in [-0.05, 0) is 24.6 Å². The van der Waals surface area contributed by atoms with Gasteiger partial charge in [0, 0.05) is 19.5 Å². The minimum atomic E-state index is 0.254. The lowest BCUT2D eigenvalue weighted by atomic mass is 10.1. The van der Waals surface area contributed by atoms with Crippen LogP contribution in [-0.2, 0) is 13.5 Å². The Morgan fingerprint density at radius 3 is 2.94 bits per heavy atom. The Kier molecular flexibility index (Phi) is 2.83. The summed E-state index contributed by atoms with van der Waals surface area (Å²) in [5, 5.41) is 9.39. The Labute approximate surface area is 94.7 Å². The van der Waals surface area contributed by atoms with Gasteiger partial charge in [0.2, 0.25) is 0 Å². The summed E-state index contributed by atoms with van der Waals surface area (Å²) in [5.74, 6) is 1.69. The fourth-order valence-corrected chi connectivity index (χ4v) is 1.82. The van der Waals surface area contributed by atoms with Crippen LogP contribution in [0.1, 0.15) is 12.7 Å². The smallest absolute Gasteiger partial charge is 0.117 e. The Hall–Kier alpha value is -1.55. The number of hydrogen-bond acceptors (Lipinski definition) is 3. The van der Waals surface area contributed by atoms with Crippen molar-refractivity contribution in [2.45, 2.75) is 13.3 Å². The first-order chi connectivity index (χ1) is 7.61. The van der Waals surface area contributed by atoms with Crippen LogP contribution in [0.2, 0.25) is 0 Å². The van der Waals surface area contributed by atoms with Gasteiger partial charge in [0.25, 0.3) is 0 Å². The third kappa shape index (κ3) is 1.88. The van der Waals surface area contributed by atoms with Crippen LogP contribution in [0.3, 0.4) is 0 Å². The van der Waals surface area contributed by atoms with Crippen molar-refractivity contribution in [3.05, 3.63) is 24.0 Å². The molecule has 0 amide bonds. The highest BCUT2D eigenvalue weighted by atomic mass is 16.3. The number of aromatic nitrogens is 2. The maximum atomic E-state index is 9.39. The molecule has 0 saturated heterocycles. The van der Waals surface area contributed by atoms with Gasteiger partial charge in [-0.3, -0.25) is 0 Å². The van der Waals surface area contributed by atoms with Crippen LogP contribution in [0.4, 0.5) is 0 Å². The van der Waals surface area contributed by atoms with E-state index >= 15 is 0 Å². The number of aryl methyl sites for hydroxylation is 1. The minimum Gasteiger partial charge on any atom is -0.508 e. The second-order valence-electron chi connectivity index (χ2n) is 4.31. The fourth-order valence-electron chi connectivity index (χ4n) is 1.82. The quantitative estimate of drug-likeness (QED) is 0.820. The number of phenols is 1. The van der Waals surface area contributed by atoms with Gasteiger partial charge in [-0.1, -0.05) is 6.92 Å². The summed E-state index contributed by atoms with van der Waals surface area (Å²) in [6, 6.07) is 5.25. The van der Waals surface area contributed by atoms with Crippen LogP contribution in [0.15, 0.2) is 18.2 Å². The molecule has 0 radical (unpaired) electrons. The van der Waals surface area contributed by atoms with Crippen LogP contribution >= 0.6 is 0 Å². The fraction of sp³-hybridized carbons (Fsp3) is 0.417. The van der Waals surface area contributed by atoms with Crippen LogP contribution in [-0.4, -0.2) is 21.2 Å². The van der Waals surface area contributed by atoms with E-state index in [0.29, 0.717) is 12.5 Å². The summed E-state index contributed by atoms with van der Waals surface area (Å²) < 4.78 is 2.06. The molecule has 1 heterocycles. The third-order valence-corrected chi connectivity index (χ3v) is 2.89. The Morgan fingerprint density at radius 1 is 1.50 bits per heavy atom. The number of benzene rings is 1. The van der Waals surface area contributed by atoms with Gasteiger partial charge < -0.3 is 15.4 Å². The number of nitrogens with two attached hydrogens (primary N) is 1. The van der Waals surface area contributed by atoms with Crippen molar-refractivity contribution in [2.75, 3.05) is 6.54 Å². The van der Waals surface area contributed by atoms with Gasteiger partial charge in [-0.2, -0.15) is 0 Å². The number of nitrogens with zero attached hydrogens (tertiary/aromatic N) is 2. The number of aromatic hydroxyl groups is 1. The molecule has 0 saturated carbocycles. The van der Waals surface area contributed by atoms with E-state index in [9.17, 15) is 5.11 Å². The number of rotatable bonds is 3. The second kappa shape index (κ2) is 4.14. The first-order valence-corrected chi connectivity index (χ1v) is 5.46. The molecule has 0 fully saturated rings. The molecule has 0 bridgehead atoms. The first-order valence-electron chi connectivity index (χ1n) is 5.46. The van der Waals surface area contributed by atoms with E-state index in [1.54, 1.807) is 12.1 Å². The minimum absolute atomic E-state index is 0.254. The predicted octanol–water partition coefficient (Wildman–Crippen LogP) is 1.42. The summed E-state index contributed by atoms with van der Waals surface area (Å²) in [5.41, 5.74) is 7.49. The topological polar surface area (TPSA) is 64.1 Å². The predicted molar refractivity (Wildman–Crippen MR) is 64.3 cm³/mol. The van der Waals surface area contributed by atoms with Gasteiger partial charge >= 0.3 is 0 Å². The van der Waals surface area contributed by atoms with E-state index in [2.05, 4.69) is 16.5 Å². The van der Waals surface area contributed by atoms with Crippen molar-refractivity contribution in [3.8, 4) is 5.75 Å². The third-order valence-electron chi connectivity index (χ3n) is 2.89. The highest BCUT2D eigenvalue weighted by Gasteiger charge is 2.10. The van der Waals surface area contributed by atoms with Crippen molar-refractivity contribution in [1.82, 2.24) is 9.55 Å². The lowest BCUT2D eigenvalue weighted by Crippen LogP contribution is -2.15. The molecule has 0 aliphatic rings. The van der Waals surface area contributed by atoms with Crippen molar-refractivity contribution >= 4 is 11.0 Å². The van der Waals surface area contributed by atoms with Crippen molar-refractivity contribution in [2.24, 2.45) is 18.7 Å². The van der Waals surface area contributed by atoms with E-state index in [1.165, 1.54) is 0 Å². The highest BCUT2D eigenvalue weighted by Crippen LogP contribution is 2.21. The standard InChI is InChI=1S/C12H17N3O/c1-8(7-13)5-12-14-10-6-9(16)3-4-11(10)15(12)2/h3-4,6,8,16H,5,7,13H2,1-2H3. The molecular weight excluding hydrogens is 202 g/mol. The summed E-state index contributed by atoms with van der Waals surface area (Å²) in [6.45, 7) is 2.77. The van der Waals surface area contributed by atoms with E-state index in [0.717, 1.165) is 23.3 Å². The molecule has 3 N–H and O–H groups in total. The second-order valence-corrected chi connectivity index (χ2v) is 4.31. The number of fused-ring (bicyclic) bond motifs is 1. The van der Waals surface area contributed by atoms with E-state index in [1.807, 2.05) is 13.1 Å². The largest absolute Gasteiger partial charge is 0.508 e. The Balaban J connectivity index is 2.43. The molecule has 0 spiro atoms. The van der Waals surface area contributed by atoms with Crippen LogP contribution in [0.25, 0.3) is 11.0 Å². The molecule has 1 aromatic heterocycles. The molecule has 1 aromatic carbocycles. The van der Waals surface area contributed by atoms with Gasteiger partial charge in [0.1, 0.15) is 11.6 Å². The lowest BCUT2D eigenvalue weighted by molar-refractivity contribution is 0.476. The molecule has 4 heteroatoms. The van der Waals surface area contributed by atoms with E-state index < -0.39 is 0 Å². The van der Waals surface area contributed by atoms with Gasteiger partial charge in [0.05, 0.1) is 11.0 Å². The average Bonchev–Trinajstić information content (AvgIpc) is 2.55. The van der Waals surface area contributed by atoms with Crippen LogP contribution in [0, 0.1) is 5.92 Å². The monoisotopic (exact) mass is 219 g/mol. The lowest BCUT2D eigenvalue weighted by Gasteiger charge is -2.07. The SMILES string of the molecule is CC(CN)Cc1nc2cc(O)ccc2n1C. The molecule has 86 valence electrons. The van der Waals surface area contributed by atoms with E-state index in [4.69, 9.17) is 5.73 Å². The summed E-state index contributed by atoms with van der Waals surface area (Å²) >= 11 is 0. The summed E-state index contributed by atoms with van der Waals surface area (Å²) in [7, 11) is 1.99.